The predicted molar refractivity (Wildman–Crippen MR) is 93.4 cm³/mol. The SMILES string of the molecule is CCNC(=O)N1CCc2ccc(C(=O)CCCCCl)cc2CC1. The number of fused-ring (bicyclic) bond motifs is 1. The minimum absolute atomic E-state index is 0.00215. The Morgan fingerprint density at radius 1 is 1.17 bits per heavy atom. The Balaban J connectivity index is 2.02. The summed E-state index contributed by atoms with van der Waals surface area (Å²) in [4.78, 5) is 26.1. The summed E-state index contributed by atoms with van der Waals surface area (Å²) in [6, 6.07) is 5.98. The first-order valence-corrected chi connectivity index (χ1v) is 8.93. The molecular formula is C18H25ClN2O2. The zero-order valence-electron chi connectivity index (χ0n) is 13.7. The molecule has 0 saturated heterocycles. The number of halogens is 1. The van der Waals surface area contributed by atoms with Gasteiger partial charge in [0.1, 0.15) is 0 Å². The van der Waals surface area contributed by atoms with Crippen LogP contribution in [0.4, 0.5) is 4.79 Å². The molecule has 2 rings (SSSR count). The van der Waals surface area contributed by atoms with Gasteiger partial charge in [0.2, 0.25) is 0 Å². The number of nitrogens with one attached hydrogen (secondary N) is 1. The summed E-state index contributed by atoms with van der Waals surface area (Å²) in [5.41, 5.74) is 3.22. The van der Waals surface area contributed by atoms with Crippen molar-refractivity contribution in [2.45, 2.75) is 39.0 Å². The minimum Gasteiger partial charge on any atom is -0.338 e. The first kappa shape index (κ1) is 17.8. The third-order valence-corrected chi connectivity index (χ3v) is 4.50. The Hall–Kier alpha value is -1.55. The van der Waals surface area contributed by atoms with Crippen molar-refractivity contribution in [2.24, 2.45) is 0 Å². The van der Waals surface area contributed by atoms with Crippen LogP contribution < -0.4 is 5.32 Å². The van der Waals surface area contributed by atoms with Crippen molar-refractivity contribution in [3.8, 4) is 0 Å². The third-order valence-electron chi connectivity index (χ3n) is 4.23. The van der Waals surface area contributed by atoms with Gasteiger partial charge in [-0.1, -0.05) is 12.1 Å². The molecule has 0 radical (unpaired) electrons. The molecule has 2 amide bonds. The molecule has 0 aromatic heterocycles. The number of nitrogens with zero attached hydrogens (tertiary/aromatic N) is 1. The first-order valence-electron chi connectivity index (χ1n) is 8.39. The summed E-state index contributed by atoms with van der Waals surface area (Å²) in [6.45, 7) is 3.99. The van der Waals surface area contributed by atoms with E-state index in [4.69, 9.17) is 11.6 Å². The lowest BCUT2D eigenvalue weighted by atomic mass is 9.97. The summed E-state index contributed by atoms with van der Waals surface area (Å²) < 4.78 is 0. The second-order valence-corrected chi connectivity index (χ2v) is 6.25. The van der Waals surface area contributed by atoms with Gasteiger partial charge in [-0.2, -0.15) is 0 Å². The molecule has 0 aliphatic carbocycles. The second kappa shape index (κ2) is 8.92. The molecule has 23 heavy (non-hydrogen) atoms. The molecular weight excluding hydrogens is 312 g/mol. The smallest absolute Gasteiger partial charge is 0.317 e. The van der Waals surface area contributed by atoms with Crippen LogP contribution in [0.3, 0.4) is 0 Å². The van der Waals surface area contributed by atoms with Crippen LogP contribution in [0.25, 0.3) is 0 Å². The van der Waals surface area contributed by atoms with Gasteiger partial charge in [0, 0.05) is 37.5 Å². The van der Waals surface area contributed by atoms with E-state index in [1.54, 1.807) is 0 Å². The lowest BCUT2D eigenvalue weighted by Gasteiger charge is -2.20. The maximum atomic E-state index is 12.2. The predicted octanol–water partition coefficient (Wildman–Crippen LogP) is 3.41. The summed E-state index contributed by atoms with van der Waals surface area (Å²) in [6.07, 6.45) is 3.91. The second-order valence-electron chi connectivity index (χ2n) is 5.88. The van der Waals surface area contributed by atoms with Crippen molar-refractivity contribution in [2.75, 3.05) is 25.5 Å². The number of Topliss-reactive ketones (excluding diaryl/α,β-unsaturated/α-hetero) is 1. The maximum absolute atomic E-state index is 12.2. The number of alkyl halides is 1. The quantitative estimate of drug-likeness (QED) is 0.491. The average molecular weight is 337 g/mol. The zero-order valence-corrected chi connectivity index (χ0v) is 14.5. The molecule has 5 heteroatoms. The summed E-state index contributed by atoms with van der Waals surface area (Å²) in [5, 5.41) is 2.85. The van der Waals surface area contributed by atoms with Crippen LogP contribution in [0.1, 0.15) is 47.7 Å². The number of ketones is 1. The Morgan fingerprint density at radius 2 is 1.91 bits per heavy atom. The van der Waals surface area contributed by atoms with Gasteiger partial charge in [-0.3, -0.25) is 4.79 Å². The molecule has 1 aromatic carbocycles. The van der Waals surface area contributed by atoms with E-state index in [1.165, 1.54) is 11.1 Å². The van der Waals surface area contributed by atoms with Gasteiger partial charge >= 0.3 is 6.03 Å². The molecule has 4 nitrogen and oxygen atoms in total. The largest absolute Gasteiger partial charge is 0.338 e. The number of carbonyl (C=O) groups is 2. The van der Waals surface area contributed by atoms with E-state index in [9.17, 15) is 9.59 Å². The Morgan fingerprint density at radius 3 is 2.61 bits per heavy atom. The van der Waals surface area contributed by atoms with Gasteiger partial charge in [0.25, 0.3) is 0 Å². The van der Waals surface area contributed by atoms with Crippen molar-refractivity contribution in [1.29, 1.82) is 0 Å². The fourth-order valence-electron chi connectivity index (χ4n) is 2.89. The number of carbonyl (C=O) groups excluding carboxylic acids is 2. The Bertz CT molecular complexity index is 560. The minimum atomic E-state index is -0.00215. The summed E-state index contributed by atoms with van der Waals surface area (Å²) in [7, 11) is 0. The molecule has 126 valence electrons. The van der Waals surface area contributed by atoms with Crippen molar-refractivity contribution in [1.82, 2.24) is 10.2 Å². The zero-order chi connectivity index (χ0) is 16.7. The van der Waals surface area contributed by atoms with Crippen molar-refractivity contribution < 1.29 is 9.59 Å². The summed E-state index contributed by atoms with van der Waals surface area (Å²) >= 11 is 5.66. The highest BCUT2D eigenvalue weighted by molar-refractivity contribution is 6.17. The standard InChI is InChI=1S/C18H25ClN2O2/c1-2-20-18(23)21-11-8-14-6-7-16(13-15(14)9-12-21)17(22)5-3-4-10-19/h6-7,13H,2-5,8-12H2,1H3,(H,20,23). The van der Waals surface area contributed by atoms with Gasteiger partial charge < -0.3 is 10.2 Å². The third kappa shape index (κ3) is 4.96. The number of rotatable bonds is 6. The molecule has 1 aliphatic heterocycles. The number of hydrogen-bond acceptors (Lipinski definition) is 2. The van der Waals surface area contributed by atoms with Gasteiger partial charge in [-0.05, 0) is 49.8 Å². The molecule has 1 N–H and O–H groups in total. The highest BCUT2D eigenvalue weighted by Crippen LogP contribution is 2.19. The van der Waals surface area contributed by atoms with Crippen LogP contribution in [0.2, 0.25) is 0 Å². The van der Waals surface area contributed by atoms with Gasteiger partial charge in [0.15, 0.2) is 5.78 Å². The van der Waals surface area contributed by atoms with Crippen molar-refractivity contribution in [3.05, 3.63) is 34.9 Å². The molecule has 0 saturated carbocycles. The highest BCUT2D eigenvalue weighted by Gasteiger charge is 2.18. The van der Waals surface area contributed by atoms with Crippen LogP contribution in [0, 0.1) is 0 Å². The van der Waals surface area contributed by atoms with Crippen molar-refractivity contribution >= 4 is 23.4 Å². The fourth-order valence-corrected chi connectivity index (χ4v) is 3.08. The van der Waals surface area contributed by atoms with E-state index in [0.29, 0.717) is 25.4 Å². The van der Waals surface area contributed by atoms with Crippen LogP contribution >= 0.6 is 11.6 Å². The molecule has 0 bridgehead atoms. The fraction of sp³-hybridized carbons (Fsp3) is 0.556. The topological polar surface area (TPSA) is 49.4 Å². The molecule has 0 unspecified atom stereocenters. The number of amides is 2. The van der Waals surface area contributed by atoms with Crippen LogP contribution in [-0.2, 0) is 12.8 Å². The van der Waals surface area contributed by atoms with Crippen LogP contribution in [0.15, 0.2) is 18.2 Å². The lowest BCUT2D eigenvalue weighted by molar-refractivity contribution is 0.0979. The molecule has 0 fully saturated rings. The average Bonchev–Trinajstić information content (AvgIpc) is 2.77. The van der Waals surface area contributed by atoms with Gasteiger partial charge in [-0.25, -0.2) is 4.79 Å². The van der Waals surface area contributed by atoms with Gasteiger partial charge in [0.05, 0.1) is 0 Å². The lowest BCUT2D eigenvalue weighted by Crippen LogP contribution is -2.41. The van der Waals surface area contributed by atoms with Crippen LogP contribution in [0.5, 0.6) is 0 Å². The molecule has 1 aliphatic rings. The number of unbranched alkanes of at least 4 members (excludes halogenated alkanes) is 1. The normalized spacial score (nSPS) is 14.1. The van der Waals surface area contributed by atoms with Crippen molar-refractivity contribution in [3.63, 3.8) is 0 Å². The number of benzene rings is 1. The van der Waals surface area contributed by atoms with Gasteiger partial charge in [-0.15, -0.1) is 11.6 Å². The first-order chi connectivity index (χ1) is 11.2. The maximum Gasteiger partial charge on any atom is 0.317 e. The molecule has 0 spiro atoms. The van der Waals surface area contributed by atoms with E-state index >= 15 is 0 Å². The number of hydrogen-bond donors (Lipinski definition) is 1. The van der Waals surface area contributed by atoms with E-state index in [0.717, 1.165) is 37.8 Å². The van der Waals surface area contributed by atoms with E-state index in [1.807, 2.05) is 30.0 Å². The molecule has 1 aromatic rings. The summed E-state index contributed by atoms with van der Waals surface area (Å²) in [5.74, 6) is 0.787. The highest BCUT2D eigenvalue weighted by atomic mass is 35.5. The molecule has 1 heterocycles. The van der Waals surface area contributed by atoms with Crippen LogP contribution in [-0.4, -0.2) is 42.2 Å². The monoisotopic (exact) mass is 336 g/mol. The van der Waals surface area contributed by atoms with E-state index in [2.05, 4.69) is 5.32 Å². The Labute approximate surface area is 143 Å². The Kier molecular flexibility index (Phi) is 6.90. The number of urea groups is 1. The van der Waals surface area contributed by atoms with E-state index < -0.39 is 0 Å². The van der Waals surface area contributed by atoms with E-state index in [-0.39, 0.29) is 11.8 Å². The molecule has 0 atom stereocenters.